The van der Waals surface area contributed by atoms with Crippen molar-refractivity contribution in [1.29, 1.82) is 0 Å². The fraction of sp³-hybridized carbons (Fsp3) is 0.381. The number of nitro groups is 1. The van der Waals surface area contributed by atoms with Gasteiger partial charge in [-0.05, 0) is 43.4 Å². The number of aryl methyl sites for hydroxylation is 2. The number of rotatable bonds is 6. The zero-order chi connectivity index (χ0) is 21.9. The molecular formula is C21H25N3O5S. The first kappa shape index (κ1) is 21.9. The largest absolute Gasteiger partial charge is 0.326 e. The molecule has 0 aromatic heterocycles. The molecule has 1 aliphatic rings. The van der Waals surface area contributed by atoms with Crippen molar-refractivity contribution in [2.75, 3.05) is 18.4 Å². The lowest BCUT2D eigenvalue weighted by atomic mass is 9.97. The zero-order valence-electron chi connectivity index (χ0n) is 17.0. The predicted molar refractivity (Wildman–Crippen MR) is 114 cm³/mol. The summed E-state index contributed by atoms with van der Waals surface area (Å²) in [7, 11) is -3.87. The van der Waals surface area contributed by atoms with Gasteiger partial charge in [-0.15, -0.1) is 0 Å². The Morgan fingerprint density at radius 2 is 1.87 bits per heavy atom. The normalized spacial score (nSPS) is 15.7. The Morgan fingerprint density at radius 1 is 1.20 bits per heavy atom. The van der Waals surface area contributed by atoms with Crippen LogP contribution in [0.4, 0.5) is 11.4 Å². The highest BCUT2D eigenvalue weighted by molar-refractivity contribution is 7.89. The number of non-ortho nitro benzene ring substituents is 1. The molecule has 1 heterocycles. The Hall–Kier alpha value is -2.78. The number of para-hydroxylation sites is 1. The molecule has 160 valence electrons. The number of nitrogens with one attached hydrogen (secondary N) is 1. The van der Waals surface area contributed by atoms with E-state index in [0.29, 0.717) is 18.4 Å². The summed E-state index contributed by atoms with van der Waals surface area (Å²) in [5.41, 5.74) is 2.03. The van der Waals surface area contributed by atoms with E-state index in [1.807, 2.05) is 31.2 Å². The molecule has 1 amide bonds. The summed E-state index contributed by atoms with van der Waals surface area (Å²) in [4.78, 5) is 23.0. The van der Waals surface area contributed by atoms with E-state index < -0.39 is 14.9 Å². The lowest BCUT2D eigenvalue weighted by Crippen LogP contribution is -2.41. The number of piperidine rings is 1. The van der Waals surface area contributed by atoms with Crippen LogP contribution in [0.3, 0.4) is 0 Å². The Morgan fingerprint density at radius 3 is 2.50 bits per heavy atom. The maximum Gasteiger partial charge on any atom is 0.270 e. The summed E-state index contributed by atoms with van der Waals surface area (Å²) < 4.78 is 27.4. The highest BCUT2D eigenvalue weighted by atomic mass is 32.2. The first-order valence-corrected chi connectivity index (χ1v) is 11.3. The van der Waals surface area contributed by atoms with Crippen LogP contribution >= 0.6 is 0 Å². The van der Waals surface area contributed by atoms with E-state index in [1.54, 1.807) is 6.92 Å². The van der Waals surface area contributed by atoms with Crippen molar-refractivity contribution in [2.24, 2.45) is 5.92 Å². The van der Waals surface area contributed by atoms with Crippen LogP contribution in [0.5, 0.6) is 0 Å². The summed E-state index contributed by atoms with van der Waals surface area (Å²) in [6, 6.07) is 11.5. The van der Waals surface area contributed by atoms with Gasteiger partial charge in [0, 0.05) is 36.8 Å². The van der Waals surface area contributed by atoms with E-state index >= 15 is 0 Å². The van der Waals surface area contributed by atoms with Crippen LogP contribution in [0, 0.1) is 23.0 Å². The number of nitrogens with zero attached hydrogens (tertiary/aromatic N) is 2. The molecule has 3 rings (SSSR count). The number of benzene rings is 2. The van der Waals surface area contributed by atoms with E-state index in [-0.39, 0.29) is 35.5 Å². The maximum atomic E-state index is 13.0. The van der Waals surface area contributed by atoms with Gasteiger partial charge in [0.2, 0.25) is 15.9 Å². The quantitative estimate of drug-likeness (QED) is 0.556. The van der Waals surface area contributed by atoms with Crippen molar-refractivity contribution < 1.29 is 18.1 Å². The van der Waals surface area contributed by atoms with Crippen LogP contribution < -0.4 is 5.32 Å². The smallest absolute Gasteiger partial charge is 0.270 e. The van der Waals surface area contributed by atoms with Crippen LogP contribution in [0.25, 0.3) is 0 Å². The van der Waals surface area contributed by atoms with Gasteiger partial charge in [0.15, 0.2) is 0 Å². The summed E-state index contributed by atoms with van der Waals surface area (Å²) in [6.45, 7) is 4.02. The molecule has 1 fully saturated rings. The topological polar surface area (TPSA) is 110 Å². The van der Waals surface area contributed by atoms with E-state index in [1.165, 1.54) is 16.4 Å². The Balaban J connectivity index is 1.70. The lowest BCUT2D eigenvalue weighted by molar-refractivity contribution is -0.385. The summed E-state index contributed by atoms with van der Waals surface area (Å²) in [5.74, 6) is -0.396. The number of anilines is 1. The minimum atomic E-state index is -3.87. The predicted octanol–water partition coefficient (Wildman–Crippen LogP) is 3.51. The molecule has 0 aliphatic carbocycles. The highest BCUT2D eigenvalue weighted by Crippen LogP contribution is 2.29. The SMILES string of the molecule is CCc1ccccc1NC(=O)C1CCN(S(=O)(=O)c2cc([N+](=O)[O-])ccc2C)CC1. The van der Waals surface area contributed by atoms with Gasteiger partial charge in [-0.3, -0.25) is 14.9 Å². The van der Waals surface area contributed by atoms with Crippen molar-refractivity contribution >= 4 is 27.3 Å². The lowest BCUT2D eigenvalue weighted by Gasteiger charge is -2.31. The molecule has 2 aromatic carbocycles. The van der Waals surface area contributed by atoms with Crippen molar-refractivity contribution in [3.05, 3.63) is 63.7 Å². The summed E-state index contributed by atoms with van der Waals surface area (Å²) in [5, 5.41) is 14.0. The van der Waals surface area contributed by atoms with Crippen LogP contribution in [0.1, 0.15) is 30.9 Å². The fourth-order valence-corrected chi connectivity index (χ4v) is 5.38. The standard InChI is InChI=1S/C21H25N3O5S/c1-3-16-6-4-5-7-19(16)22-21(25)17-10-12-23(13-11-17)30(28,29)20-14-18(24(26)27)9-8-15(20)2/h4-9,14,17H,3,10-13H2,1-2H3,(H,22,25). The number of carbonyl (C=O) groups excluding carboxylic acids is 1. The number of amides is 1. The maximum absolute atomic E-state index is 13.0. The first-order valence-electron chi connectivity index (χ1n) is 9.88. The van der Waals surface area contributed by atoms with Crippen LogP contribution in [0.15, 0.2) is 47.4 Å². The Labute approximate surface area is 176 Å². The van der Waals surface area contributed by atoms with E-state index in [0.717, 1.165) is 23.7 Å². The third kappa shape index (κ3) is 4.52. The molecule has 1 saturated heterocycles. The van der Waals surface area contributed by atoms with Crippen LogP contribution in [-0.2, 0) is 21.2 Å². The van der Waals surface area contributed by atoms with Crippen molar-refractivity contribution in [1.82, 2.24) is 4.31 Å². The van der Waals surface area contributed by atoms with Gasteiger partial charge in [-0.25, -0.2) is 8.42 Å². The van der Waals surface area contributed by atoms with Crippen molar-refractivity contribution in [2.45, 2.75) is 38.0 Å². The molecule has 2 aromatic rings. The average Bonchev–Trinajstić information content (AvgIpc) is 2.74. The first-order chi connectivity index (χ1) is 14.2. The molecular weight excluding hydrogens is 406 g/mol. The average molecular weight is 432 g/mol. The number of hydrogen-bond acceptors (Lipinski definition) is 5. The van der Waals surface area contributed by atoms with Gasteiger partial charge in [0.05, 0.1) is 9.82 Å². The Bertz CT molecular complexity index is 1060. The molecule has 8 nitrogen and oxygen atoms in total. The van der Waals surface area contributed by atoms with Crippen molar-refractivity contribution in [3.63, 3.8) is 0 Å². The van der Waals surface area contributed by atoms with Gasteiger partial charge < -0.3 is 5.32 Å². The van der Waals surface area contributed by atoms with Crippen LogP contribution in [0.2, 0.25) is 0 Å². The third-order valence-electron chi connectivity index (χ3n) is 5.48. The monoisotopic (exact) mass is 431 g/mol. The molecule has 0 atom stereocenters. The highest BCUT2D eigenvalue weighted by Gasteiger charge is 2.33. The minimum absolute atomic E-state index is 0.0588. The Kier molecular flexibility index (Phi) is 6.52. The number of carbonyl (C=O) groups is 1. The minimum Gasteiger partial charge on any atom is -0.326 e. The number of sulfonamides is 1. The zero-order valence-corrected chi connectivity index (χ0v) is 17.8. The number of nitro benzene ring substituents is 1. The van der Waals surface area contributed by atoms with E-state index in [9.17, 15) is 23.3 Å². The van der Waals surface area contributed by atoms with Gasteiger partial charge in [0.25, 0.3) is 5.69 Å². The fourth-order valence-electron chi connectivity index (χ4n) is 3.66. The molecule has 1 aliphatic heterocycles. The second-order valence-corrected chi connectivity index (χ2v) is 9.29. The van der Waals surface area contributed by atoms with Crippen molar-refractivity contribution in [3.8, 4) is 0 Å². The molecule has 9 heteroatoms. The molecule has 0 saturated carbocycles. The van der Waals surface area contributed by atoms with Crippen LogP contribution in [-0.4, -0.2) is 36.6 Å². The molecule has 0 spiro atoms. The summed E-state index contributed by atoms with van der Waals surface area (Å²) in [6.07, 6.45) is 1.59. The van der Waals surface area contributed by atoms with Gasteiger partial charge >= 0.3 is 0 Å². The second kappa shape index (κ2) is 8.93. The van der Waals surface area contributed by atoms with Gasteiger partial charge in [-0.2, -0.15) is 4.31 Å². The molecule has 30 heavy (non-hydrogen) atoms. The second-order valence-electron chi connectivity index (χ2n) is 7.39. The summed E-state index contributed by atoms with van der Waals surface area (Å²) >= 11 is 0. The molecule has 0 radical (unpaired) electrons. The van der Waals surface area contributed by atoms with E-state index in [2.05, 4.69) is 5.32 Å². The number of hydrogen-bond donors (Lipinski definition) is 1. The molecule has 1 N–H and O–H groups in total. The van der Waals surface area contributed by atoms with Gasteiger partial charge in [0.1, 0.15) is 0 Å². The van der Waals surface area contributed by atoms with E-state index in [4.69, 9.17) is 0 Å². The molecule has 0 bridgehead atoms. The third-order valence-corrected chi connectivity index (χ3v) is 7.52. The molecule has 0 unspecified atom stereocenters. The van der Waals surface area contributed by atoms with Gasteiger partial charge in [-0.1, -0.05) is 31.2 Å².